The predicted molar refractivity (Wildman–Crippen MR) is 145 cm³/mol. The van der Waals surface area contributed by atoms with Crippen molar-refractivity contribution in [1.82, 2.24) is 0 Å². The molecule has 0 bridgehead atoms. The van der Waals surface area contributed by atoms with E-state index in [9.17, 15) is 50.8 Å². The van der Waals surface area contributed by atoms with Crippen molar-refractivity contribution < 1.29 is 74.1 Å². The van der Waals surface area contributed by atoms with Crippen LogP contribution in [0.3, 0.4) is 0 Å². The summed E-state index contributed by atoms with van der Waals surface area (Å²) in [5.74, 6) is -2.32. The lowest BCUT2D eigenvalue weighted by atomic mass is 9.97. The molecule has 0 aliphatic carbocycles. The molecule has 0 radical (unpaired) electrons. The number of ether oxygens (including phenoxy) is 5. The summed E-state index contributed by atoms with van der Waals surface area (Å²) in [6.07, 6.45) is -15.9. The third-order valence-corrected chi connectivity index (χ3v) is 7.54. The van der Waals surface area contributed by atoms with Gasteiger partial charge in [0.05, 0.1) is 19.8 Å². The van der Waals surface area contributed by atoms with Crippen LogP contribution in [0, 0.1) is 0 Å². The van der Waals surface area contributed by atoms with Gasteiger partial charge in [-0.15, -0.1) is 0 Å². The van der Waals surface area contributed by atoms with Crippen LogP contribution < -0.4 is 14.9 Å². The number of hydrogen-bond acceptors (Lipinski definition) is 16. The lowest BCUT2D eigenvalue weighted by Gasteiger charge is -2.45. The van der Waals surface area contributed by atoms with Gasteiger partial charge in [-0.3, -0.25) is 4.79 Å². The second kappa shape index (κ2) is 12.4. The van der Waals surface area contributed by atoms with Crippen LogP contribution >= 0.6 is 0 Å². The Morgan fingerprint density at radius 1 is 0.841 bits per heavy atom. The zero-order valence-electron chi connectivity index (χ0n) is 23.3. The molecule has 1 aromatic heterocycles. The maximum absolute atomic E-state index is 13.0. The lowest BCUT2D eigenvalue weighted by molar-refractivity contribution is -0.354. The molecule has 240 valence electrons. The van der Waals surface area contributed by atoms with E-state index < -0.39 is 90.7 Å². The molecule has 9 N–H and O–H groups in total. The summed E-state index contributed by atoms with van der Waals surface area (Å²) in [6.45, 7) is 0.631. The SMILES string of the molecule is COc1c(O[C@@H]2O[C@H](CO)[C@H](O)[C@H](O)[C@H]2O[C@@H]2O[C@H](C)[C@H](O)[C@@H](O)[C@@H]2O)cc2oc(-c3ccc(O)c(O)c3)cc(=O)c2c1O. The summed E-state index contributed by atoms with van der Waals surface area (Å²) in [5, 5.41) is 92.0. The zero-order valence-corrected chi connectivity index (χ0v) is 23.3. The number of aliphatic hydroxyl groups is 6. The van der Waals surface area contributed by atoms with Gasteiger partial charge in [-0.2, -0.15) is 0 Å². The number of rotatable bonds is 7. The van der Waals surface area contributed by atoms with E-state index in [0.717, 1.165) is 25.3 Å². The first kappa shape index (κ1) is 31.7. The highest BCUT2D eigenvalue weighted by Gasteiger charge is 2.51. The zero-order chi connectivity index (χ0) is 32.0. The number of phenolic OH excluding ortho intramolecular Hbond substituents is 3. The van der Waals surface area contributed by atoms with Gasteiger partial charge in [-0.25, -0.2) is 0 Å². The van der Waals surface area contributed by atoms with Crippen molar-refractivity contribution >= 4 is 11.0 Å². The molecule has 0 amide bonds. The molecule has 16 heteroatoms. The van der Waals surface area contributed by atoms with E-state index in [1.807, 2.05) is 0 Å². The predicted octanol–water partition coefficient (Wildman–Crippen LogP) is -1.38. The highest BCUT2D eigenvalue weighted by Crippen LogP contribution is 2.44. The fourth-order valence-corrected chi connectivity index (χ4v) is 5.07. The van der Waals surface area contributed by atoms with E-state index in [1.165, 1.54) is 19.1 Å². The highest BCUT2D eigenvalue weighted by atomic mass is 16.8. The number of benzene rings is 2. The molecule has 2 fully saturated rings. The molecule has 0 spiro atoms. The first-order valence-corrected chi connectivity index (χ1v) is 13.4. The summed E-state index contributed by atoms with van der Waals surface area (Å²) >= 11 is 0. The van der Waals surface area contributed by atoms with Crippen molar-refractivity contribution in [1.29, 1.82) is 0 Å². The number of aliphatic hydroxyl groups excluding tert-OH is 6. The summed E-state index contributed by atoms with van der Waals surface area (Å²) in [5.41, 5.74) is -0.724. The Balaban J connectivity index is 1.55. The van der Waals surface area contributed by atoms with Crippen molar-refractivity contribution in [3.63, 3.8) is 0 Å². The third kappa shape index (κ3) is 5.63. The molecule has 3 heterocycles. The lowest BCUT2D eigenvalue weighted by Crippen LogP contribution is -2.64. The molecular formula is C28H32O16. The van der Waals surface area contributed by atoms with Crippen LogP contribution in [0.2, 0.25) is 0 Å². The van der Waals surface area contributed by atoms with E-state index in [-0.39, 0.29) is 33.8 Å². The first-order valence-electron chi connectivity index (χ1n) is 13.4. The standard InChI is InChI=1S/C28H32O16/c1-9-19(33)22(36)24(38)27(40-9)44-26-23(37)20(34)17(8-29)43-28(26)42-16-7-15-18(21(35)25(16)39-2)13(32)6-14(41-15)10-3-4-11(30)12(31)5-10/h3-7,9,17,19-20,22-24,26-31,33-38H,8H2,1-2H3/t9-,17-,19+,20+,22-,23+,24+,26-,27+,28-/m1/s1. The molecule has 2 aliphatic rings. The Kier molecular flexibility index (Phi) is 8.90. The fourth-order valence-electron chi connectivity index (χ4n) is 5.07. The first-order chi connectivity index (χ1) is 20.9. The van der Waals surface area contributed by atoms with Crippen LogP contribution in [0.15, 0.2) is 39.5 Å². The Hall–Kier alpha value is -3.71. The molecule has 0 unspecified atom stereocenters. The van der Waals surface area contributed by atoms with E-state index >= 15 is 0 Å². The van der Waals surface area contributed by atoms with Crippen molar-refractivity contribution in [2.75, 3.05) is 13.7 Å². The van der Waals surface area contributed by atoms with E-state index in [4.69, 9.17) is 28.1 Å². The quantitative estimate of drug-likeness (QED) is 0.137. The summed E-state index contributed by atoms with van der Waals surface area (Å²) in [6, 6.07) is 5.91. The summed E-state index contributed by atoms with van der Waals surface area (Å²) in [4.78, 5) is 13.0. The number of phenols is 3. The van der Waals surface area contributed by atoms with Crippen LogP contribution in [0.1, 0.15) is 6.92 Å². The molecule has 2 aliphatic heterocycles. The second-order valence-electron chi connectivity index (χ2n) is 10.4. The number of fused-ring (bicyclic) bond motifs is 1. The Morgan fingerprint density at radius 3 is 2.23 bits per heavy atom. The third-order valence-electron chi connectivity index (χ3n) is 7.54. The van der Waals surface area contributed by atoms with Gasteiger partial charge in [-0.1, -0.05) is 0 Å². The van der Waals surface area contributed by atoms with E-state index in [1.54, 1.807) is 0 Å². The van der Waals surface area contributed by atoms with Gasteiger partial charge in [0.15, 0.2) is 40.8 Å². The molecule has 16 nitrogen and oxygen atoms in total. The van der Waals surface area contributed by atoms with Crippen molar-refractivity contribution in [3.05, 3.63) is 40.6 Å². The van der Waals surface area contributed by atoms with Gasteiger partial charge < -0.3 is 74.1 Å². The Morgan fingerprint density at radius 2 is 1.57 bits per heavy atom. The molecule has 10 atom stereocenters. The van der Waals surface area contributed by atoms with Crippen LogP contribution in [0.5, 0.6) is 28.7 Å². The molecule has 44 heavy (non-hydrogen) atoms. The number of aromatic hydroxyl groups is 3. The second-order valence-corrected chi connectivity index (χ2v) is 10.4. The van der Waals surface area contributed by atoms with Gasteiger partial charge in [0.25, 0.3) is 0 Å². The molecule has 2 saturated heterocycles. The maximum Gasteiger partial charge on any atom is 0.229 e. The van der Waals surface area contributed by atoms with Crippen molar-refractivity contribution in [2.45, 2.75) is 68.3 Å². The average molecular weight is 625 g/mol. The van der Waals surface area contributed by atoms with Gasteiger partial charge in [-0.05, 0) is 25.1 Å². The van der Waals surface area contributed by atoms with Crippen LogP contribution in [0.4, 0.5) is 0 Å². The summed E-state index contributed by atoms with van der Waals surface area (Å²) in [7, 11) is 1.16. The monoisotopic (exact) mass is 624 g/mol. The van der Waals surface area contributed by atoms with Crippen molar-refractivity contribution in [2.24, 2.45) is 0 Å². The highest BCUT2D eigenvalue weighted by molar-refractivity contribution is 5.89. The van der Waals surface area contributed by atoms with Crippen molar-refractivity contribution in [3.8, 4) is 40.1 Å². The van der Waals surface area contributed by atoms with Crippen LogP contribution in [0.25, 0.3) is 22.3 Å². The fraction of sp³-hybridized carbons (Fsp3) is 0.464. The maximum atomic E-state index is 13.0. The average Bonchev–Trinajstić information content (AvgIpc) is 2.99. The Bertz CT molecular complexity index is 1560. The largest absolute Gasteiger partial charge is 0.504 e. The molecule has 0 saturated carbocycles. The van der Waals surface area contributed by atoms with Crippen LogP contribution in [-0.4, -0.2) is 121 Å². The van der Waals surface area contributed by atoms with Gasteiger partial charge in [0, 0.05) is 17.7 Å². The molecule has 5 rings (SSSR count). The smallest absolute Gasteiger partial charge is 0.229 e. The minimum absolute atomic E-state index is 0.0550. The Labute approximate surface area is 248 Å². The minimum Gasteiger partial charge on any atom is -0.504 e. The van der Waals surface area contributed by atoms with Gasteiger partial charge >= 0.3 is 0 Å². The number of methoxy groups -OCH3 is 1. The normalized spacial score (nSPS) is 32.5. The summed E-state index contributed by atoms with van der Waals surface area (Å²) < 4.78 is 33.8. The van der Waals surface area contributed by atoms with Gasteiger partial charge in [0.1, 0.15) is 53.4 Å². The van der Waals surface area contributed by atoms with E-state index in [0.29, 0.717) is 0 Å². The minimum atomic E-state index is -1.83. The van der Waals surface area contributed by atoms with E-state index in [2.05, 4.69) is 0 Å². The number of hydrogen-bond donors (Lipinski definition) is 9. The van der Waals surface area contributed by atoms with Gasteiger partial charge in [0.2, 0.25) is 12.0 Å². The molecular weight excluding hydrogens is 592 g/mol. The molecule has 3 aromatic rings. The topological polar surface area (TPSA) is 258 Å². The molecule has 2 aromatic carbocycles. The van der Waals surface area contributed by atoms with Crippen LogP contribution in [-0.2, 0) is 14.2 Å².